The highest BCUT2D eigenvalue weighted by atomic mass is 31.2. The first-order valence-corrected chi connectivity index (χ1v) is 5.62. The molecule has 0 aromatic heterocycles. The van der Waals surface area contributed by atoms with Crippen LogP contribution in [-0.2, 0) is 13.9 Å². The Kier molecular flexibility index (Phi) is 6.16. The maximum absolute atomic E-state index is 11.9. The van der Waals surface area contributed by atoms with Crippen molar-refractivity contribution in [1.82, 2.24) is 0 Å². The van der Waals surface area contributed by atoms with E-state index in [1.54, 1.807) is 0 Å². The van der Waals surface area contributed by atoms with Crippen molar-refractivity contribution >= 4 is 13.9 Å². The summed E-state index contributed by atoms with van der Waals surface area (Å²) in [5.41, 5.74) is 0. The molecule has 0 heterocycles. The van der Waals surface area contributed by atoms with E-state index < -0.39 is 38.7 Å². The van der Waals surface area contributed by atoms with E-state index in [0.717, 1.165) is 0 Å². The highest BCUT2D eigenvalue weighted by Gasteiger charge is 2.39. The predicted octanol–water partition coefficient (Wildman–Crippen LogP) is -1.31. The van der Waals surface area contributed by atoms with Gasteiger partial charge in [0.05, 0.1) is 6.61 Å². The van der Waals surface area contributed by atoms with Gasteiger partial charge in [-0.15, -0.1) is 0 Å². The van der Waals surface area contributed by atoms with Crippen molar-refractivity contribution in [2.24, 2.45) is 0 Å². The quantitative estimate of drug-likeness (QED) is 0.332. The van der Waals surface area contributed by atoms with E-state index >= 15 is 0 Å². The van der Waals surface area contributed by atoms with Gasteiger partial charge in [-0.2, -0.15) is 8.78 Å². The molecule has 7 nitrogen and oxygen atoms in total. The van der Waals surface area contributed by atoms with Crippen molar-refractivity contribution in [2.75, 3.05) is 6.61 Å². The number of aliphatic hydroxyl groups is 3. The lowest BCUT2D eigenvalue weighted by atomic mass is 10.1. The second kappa shape index (κ2) is 6.33. The van der Waals surface area contributed by atoms with Gasteiger partial charge >= 0.3 is 13.8 Å². The van der Waals surface area contributed by atoms with Gasteiger partial charge < -0.3 is 25.0 Å². The number of aliphatic hydroxyl groups excluding tert-OH is 3. The molecule has 4 atom stereocenters. The number of aldehydes is 1. The molecule has 0 aliphatic rings. The number of carbonyl (C=O) groups is 1. The molecule has 4 N–H and O–H groups in total. The molecule has 0 aromatic rings. The standard InChI is InChI=1S/C6H11F2O7P/c7-6(8)16(13,14)15-4(2-10)5(12)3(11)1-9/h2-6,9,11-12H,1H2,(H,13,14)/t3-,4+,5-/m1/s1. The van der Waals surface area contributed by atoms with Gasteiger partial charge in [0.2, 0.25) is 0 Å². The molecule has 0 amide bonds. The summed E-state index contributed by atoms with van der Waals surface area (Å²) in [6.07, 6.45) is -10.0. The Labute approximate surface area is 88.8 Å². The molecule has 0 aliphatic carbocycles. The van der Waals surface area contributed by atoms with Crippen LogP contribution in [0.4, 0.5) is 8.78 Å². The Bertz CT molecular complexity index is 274. The molecule has 10 heteroatoms. The van der Waals surface area contributed by atoms with Gasteiger partial charge in [-0.1, -0.05) is 0 Å². The van der Waals surface area contributed by atoms with Crippen LogP contribution in [0.3, 0.4) is 0 Å². The van der Waals surface area contributed by atoms with Crippen molar-refractivity contribution in [3.63, 3.8) is 0 Å². The highest BCUT2D eigenvalue weighted by molar-refractivity contribution is 7.53. The molecule has 0 saturated heterocycles. The van der Waals surface area contributed by atoms with Crippen LogP contribution in [0, 0.1) is 0 Å². The van der Waals surface area contributed by atoms with Crippen molar-refractivity contribution in [1.29, 1.82) is 0 Å². The first-order chi connectivity index (χ1) is 7.26. The Morgan fingerprint density at radius 1 is 1.38 bits per heavy atom. The Hall–Kier alpha value is -0.440. The van der Waals surface area contributed by atoms with Crippen LogP contribution >= 0.6 is 7.60 Å². The van der Waals surface area contributed by atoms with E-state index in [1.807, 2.05) is 0 Å². The van der Waals surface area contributed by atoms with E-state index in [2.05, 4.69) is 4.52 Å². The normalized spacial score (nSPS) is 21.2. The lowest BCUT2D eigenvalue weighted by Gasteiger charge is -2.23. The summed E-state index contributed by atoms with van der Waals surface area (Å²) in [5, 5.41) is 26.3. The van der Waals surface area contributed by atoms with Crippen molar-refractivity contribution in [3.8, 4) is 0 Å². The Morgan fingerprint density at radius 2 is 1.88 bits per heavy atom. The second-order valence-electron chi connectivity index (χ2n) is 2.79. The first-order valence-electron chi connectivity index (χ1n) is 3.97. The fraction of sp³-hybridized carbons (Fsp3) is 0.833. The highest BCUT2D eigenvalue weighted by Crippen LogP contribution is 2.50. The molecule has 96 valence electrons. The van der Waals surface area contributed by atoms with Gasteiger partial charge in [0.25, 0.3) is 0 Å². The van der Waals surface area contributed by atoms with Crippen LogP contribution in [0.15, 0.2) is 0 Å². The van der Waals surface area contributed by atoms with Crippen LogP contribution in [0.5, 0.6) is 0 Å². The third kappa shape index (κ3) is 4.20. The molecule has 0 aliphatic heterocycles. The third-order valence-electron chi connectivity index (χ3n) is 1.57. The van der Waals surface area contributed by atoms with Gasteiger partial charge in [-0.3, -0.25) is 9.09 Å². The molecule has 0 bridgehead atoms. The smallest absolute Gasteiger partial charge is 0.394 e. The van der Waals surface area contributed by atoms with E-state index in [9.17, 15) is 18.1 Å². The van der Waals surface area contributed by atoms with Crippen LogP contribution < -0.4 is 0 Å². The van der Waals surface area contributed by atoms with Gasteiger partial charge in [0.1, 0.15) is 12.2 Å². The van der Waals surface area contributed by atoms with E-state index in [0.29, 0.717) is 0 Å². The fourth-order valence-corrected chi connectivity index (χ4v) is 1.33. The topological polar surface area (TPSA) is 124 Å². The second-order valence-corrected chi connectivity index (χ2v) is 4.52. The van der Waals surface area contributed by atoms with Crippen LogP contribution in [0.25, 0.3) is 0 Å². The van der Waals surface area contributed by atoms with E-state index in [-0.39, 0.29) is 6.29 Å². The van der Waals surface area contributed by atoms with E-state index in [4.69, 9.17) is 20.2 Å². The van der Waals surface area contributed by atoms with Gasteiger partial charge in [-0.25, -0.2) is 0 Å². The number of hydrogen-bond donors (Lipinski definition) is 4. The van der Waals surface area contributed by atoms with Crippen molar-refractivity contribution in [3.05, 3.63) is 0 Å². The Morgan fingerprint density at radius 3 is 2.19 bits per heavy atom. The minimum Gasteiger partial charge on any atom is -0.394 e. The third-order valence-corrected chi connectivity index (χ3v) is 2.61. The average Bonchev–Trinajstić information content (AvgIpc) is 2.23. The summed E-state index contributed by atoms with van der Waals surface area (Å²) in [4.78, 5) is 18.9. The first kappa shape index (κ1) is 15.6. The molecule has 16 heavy (non-hydrogen) atoms. The molecule has 0 fully saturated rings. The summed E-state index contributed by atoms with van der Waals surface area (Å²) < 4.78 is 38.3. The van der Waals surface area contributed by atoms with Crippen molar-refractivity contribution in [2.45, 2.75) is 24.5 Å². The number of rotatable bonds is 7. The summed E-state index contributed by atoms with van der Waals surface area (Å²) in [6, 6.07) is 0. The predicted molar refractivity (Wildman–Crippen MR) is 45.9 cm³/mol. The molecule has 0 spiro atoms. The summed E-state index contributed by atoms with van der Waals surface area (Å²) in [5.74, 6) is 0. The van der Waals surface area contributed by atoms with Gasteiger partial charge in [-0.05, 0) is 0 Å². The minimum absolute atomic E-state index is 0.227. The molecule has 1 unspecified atom stereocenters. The average molecular weight is 264 g/mol. The zero-order chi connectivity index (χ0) is 12.9. The van der Waals surface area contributed by atoms with Gasteiger partial charge in [0.15, 0.2) is 12.4 Å². The lowest BCUT2D eigenvalue weighted by molar-refractivity contribution is -0.126. The maximum Gasteiger partial charge on any atom is 0.394 e. The lowest BCUT2D eigenvalue weighted by Crippen LogP contribution is -2.41. The number of hydrogen-bond acceptors (Lipinski definition) is 6. The largest absolute Gasteiger partial charge is 0.394 e. The fourth-order valence-electron chi connectivity index (χ4n) is 0.715. The summed E-state index contributed by atoms with van der Waals surface area (Å²) >= 11 is 0. The number of carbonyl (C=O) groups excluding carboxylic acids is 1. The molecular formula is C6H11F2O7P. The van der Waals surface area contributed by atoms with Crippen LogP contribution in [-0.4, -0.2) is 57.6 Å². The zero-order valence-electron chi connectivity index (χ0n) is 7.81. The van der Waals surface area contributed by atoms with Crippen LogP contribution in [0.1, 0.15) is 0 Å². The zero-order valence-corrected chi connectivity index (χ0v) is 8.71. The van der Waals surface area contributed by atoms with Gasteiger partial charge in [0, 0.05) is 0 Å². The molecule has 0 aromatic carbocycles. The monoisotopic (exact) mass is 264 g/mol. The van der Waals surface area contributed by atoms with Crippen LogP contribution in [0.2, 0.25) is 0 Å². The maximum atomic E-state index is 11.9. The number of halogens is 2. The number of alkyl halides is 2. The van der Waals surface area contributed by atoms with E-state index in [1.165, 1.54) is 0 Å². The Balaban J connectivity index is 4.65. The molecular weight excluding hydrogens is 253 g/mol. The molecule has 0 saturated carbocycles. The van der Waals surface area contributed by atoms with Crippen molar-refractivity contribution < 1.29 is 42.9 Å². The summed E-state index contributed by atoms with van der Waals surface area (Å²) in [7, 11) is -5.36. The minimum atomic E-state index is -5.36. The SMILES string of the molecule is O=C[C@H](OP(=O)(O)C(F)F)[C@H](O)[C@H](O)CO. The molecule has 0 radical (unpaired) electrons. The molecule has 0 rings (SSSR count). The summed E-state index contributed by atoms with van der Waals surface area (Å²) in [6.45, 7) is -0.973.